The molecule has 0 spiro atoms. The average molecular weight is 561 g/mol. The molecule has 1 unspecified atom stereocenters. The number of hydrogen-bond donors (Lipinski definition) is 0. The van der Waals surface area contributed by atoms with Gasteiger partial charge in [0.15, 0.2) is 0 Å². The third kappa shape index (κ3) is 6.63. The summed E-state index contributed by atoms with van der Waals surface area (Å²) in [6.07, 6.45) is 15.8. The Morgan fingerprint density at radius 1 is 1.03 bits per heavy atom. The van der Waals surface area contributed by atoms with Crippen molar-refractivity contribution in [2.24, 2.45) is 5.92 Å². The topological polar surface area (TPSA) is 6.48 Å². The van der Waals surface area contributed by atoms with Gasteiger partial charge in [0.25, 0.3) is 0 Å². The van der Waals surface area contributed by atoms with Crippen LogP contribution in [0.2, 0.25) is 0 Å². The minimum atomic E-state index is 0.0400. The number of allylic oxidation sites excluding steroid dienone is 6. The van der Waals surface area contributed by atoms with Gasteiger partial charge in [-0.15, -0.1) is 5.73 Å². The Hall–Kier alpha value is -1.32. The maximum Gasteiger partial charge on any atom is 0.0902 e. The third-order valence-electron chi connectivity index (χ3n) is 7.05. The molecule has 1 saturated heterocycles. The van der Waals surface area contributed by atoms with E-state index in [1.807, 2.05) is 0 Å². The summed E-state index contributed by atoms with van der Waals surface area (Å²) in [5.41, 5.74) is 12.5. The van der Waals surface area contributed by atoms with E-state index in [9.17, 15) is 0 Å². The molecule has 2 aliphatic heterocycles. The SMILES string of the molecule is C=C(CCC)C1=C=C(CCCC)C(CC)C(N2CCN(C3=C(C)I=CC(CCCC)=C3)C2)=C1. The molecule has 3 heteroatoms. The second-order valence-corrected chi connectivity index (χ2v) is 12.5. The Labute approximate surface area is 213 Å². The lowest BCUT2D eigenvalue weighted by Gasteiger charge is -2.33. The molecule has 1 fully saturated rings. The van der Waals surface area contributed by atoms with Gasteiger partial charge >= 0.3 is 0 Å². The van der Waals surface area contributed by atoms with E-state index in [1.165, 1.54) is 66.6 Å². The summed E-state index contributed by atoms with van der Waals surface area (Å²) in [7, 11) is 0. The lowest BCUT2D eigenvalue weighted by Crippen LogP contribution is -2.30. The minimum absolute atomic E-state index is 0.0400. The highest BCUT2D eigenvalue weighted by molar-refractivity contribution is 14.2. The van der Waals surface area contributed by atoms with Crippen molar-refractivity contribution in [1.29, 1.82) is 0 Å². The summed E-state index contributed by atoms with van der Waals surface area (Å²) in [5.74, 6) is 0.507. The molecule has 2 heterocycles. The number of nitrogens with zero attached hydrogens (tertiary/aromatic N) is 2. The smallest absolute Gasteiger partial charge is 0.0902 e. The Balaban J connectivity index is 1.84. The van der Waals surface area contributed by atoms with Gasteiger partial charge in [-0.25, -0.2) is 0 Å². The Morgan fingerprint density at radius 3 is 2.45 bits per heavy atom. The van der Waals surface area contributed by atoms with Gasteiger partial charge in [0.05, 0.1) is 6.67 Å². The summed E-state index contributed by atoms with van der Waals surface area (Å²) < 4.78 is 4.18. The zero-order valence-electron chi connectivity index (χ0n) is 21.8. The Bertz CT molecular complexity index is 908. The molecule has 0 aromatic carbocycles. The molecule has 2 nitrogen and oxygen atoms in total. The van der Waals surface area contributed by atoms with Crippen molar-refractivity contribution in [2.45, 2.75) is 92.4 Å². The van der Waals surface area contributed by atoms with Gasteiger partial charge in [0.2, 0.25) is 0 Å². The van der Waals surface area contributed by atoms with Crippen molar-refractivity contribution in [3.8, 4) is 0 Å². The normalized spacial score (nSPS) is 20.9. The van der Waals surface area contributed by atoms with E-state index in [1.54, 1.807) is 9.15 Å². The fraction of sp³-hybridized carbons (Fsp3) is 0.600. The molecule has 1 aliphatic carbocycles. The molecule has 0 bridgehead atoms. The molecule has 3 aliphatic rings. The number of unbranched alkanes of at least 4 members (excludes halogenated alkanes) is 2. The lowest BCUT2D eigenvalue weighted by molar-refractivity contribution is 0.307. The van der Waals surface area contributed by atoms with Crippen LogP contribution in [-0.4, -0.2) is 33.6 Å². The van der Waals surface area contributed by atoms with Crippen LogP contribution >= 0.6 is 20.7 Å². The molecule has 0 saturated carbocycles. The average Bonchev–Trinajstić information content (AvgIpc) is 3.31. The summed E-state index contributed by atoms with van der Waals surface area (Å²) in [6, 6.07) is 0. The van der Waals surface area contributed by atoms with Crippen molar-refractivity contribution >= 4 is 24.7 Å². The van der Waals surface area contributed by atoms with Crippen LogP contribution in [0.3, 0.4) is 0 Å². The first-order valence-corrected chi connectivity index (χ1v) is 15.6. The zero-order valence-corrected chi connectivity index (χ0v) is 23.9. The highest BCUT2D eigenvalue weighted by Crippen LogP contribution is 2.38. The summed E-state index contributed by atoms with van der Waals surface area (Å²) in [6.45, 7) is 19.2. The van der Waals surface area contributed by atoms with E-state index in [0.29, 0.717) is 5.92 Å². The Kier molecular flexibility index (Phi) is 10.3. The van der Waals surface area contributed by atoms with Gasteiger partial charge in [0, 0.05) is 39.6 Å². The third-order valence-corrected chi connectivity index (χ3v) is 9.64. The standard InChI is InChI=1S/C30H45IN2/c1-7-11-14-25-18-29(24(6)31-21-25)32-16-17-33(22-32)30-20-27(23(5)13-9-3)19-26(15-12-8-2)28(30)10-4/h18,20-21,28H,5,7-17,22H2,1-4,6H3. The van der Waals surface area contributed by atoms with Gasteiger partial charge < -0.3 is 9.80 Å². The lowest BCUT2D eigenvalue weighted by atomic mass is 9.83. The second-order valence-electron chi connectivity index (χ2n) is 9.68. The molecule has 33 heavy (non-hydrogen) atoms. The van der Waals surface area contributed by atoms with Crippen molar-refractivity contribution in [2.75, 3.05) is 19.8 Å². The number of hydrogen-bond acceptors (Lipinski definition) is 2. The summed E-state index contributed by atoms with van der Waals surface area (Å²) >= 11 is 0.0400. The van der Waals surface area contributed by atoms with E-state index < -0.39 is 0 Å². The molecule has 3 rings (SSSR count). The van der Waals surface area contributed by atoms with Crippen molar-refractivity contribution < 1.29 is 0 Å². The molecule has 182 valence electrons. The van der Waals surface area contributed by atoms with Crippen LogP contribution in [0.15, 0.2) is 61.7 Å². The van der Waals surface area contributed by atoms with Gasteiger partial charge in [-0.3, -0.25) is 0 Å². The van der Waals surface area contributed by atoms with Crippen LogP contribution in [0, 0.1) is 5.92 Å². The van der Waals surface area contributed by atoms with Crippen LogP contribution in [-0.2, 0) is 0 Å². The predicted molar refractivity (Wildman–Crippen MR) is 155 cm³/mol. The van der Waals surface area contributed by atoms with Crippen LogP contribution in [0.4, 0.5) is 0 Å². The van der Waals surface area contributed by atoms with E-state index in [4.69, 9.17) is 0 Å². The quantitative estimate of drug-likeness (QED) is 0.174. The predicted octanol–water partition coefficient (Wildman–Crippen LogP) is 8.62. The highest BCUT2D eigenvalue weighted by atomic mass is 127. The second kappa shape index (κ2) is 13.0. The van der Waals surface area contributed by atoms with E-state index in [2.05, 4.69) is 72.9 Å². The largest absolute Gasteiger partial charge is 0.355 e. The van der Waals surface area contributed by atoms with Crippen molar-refractivity contribution in [1.82, 2.24) is 9.80 Å². The fourth-order valence-electron chi connectivity index (χ4n) is 5.05. The monoisotopic (exact) mass is 560 g/mol. The summed E-state index contributed by atoms with van der Waals surface area (Å²) in [4.78, 5) is 5.31. The fourth-order valence-corrected chi connectivity index (χ4v) is 7.22. The first kappa shape index (κ1) is 26.3. The molecule has 0 aromatic rings. The van der Waals surface area contributed by atoms with Gasteiger partial charge in [-0.05, 0) is 78.3 Å². The van der Waals surface area contributed by atoms with Gasteiger partial charge in [-0.2, -0.15) is 0 Å². The molecule has 1 atom stereocenters. The number of halogens is 1. The van der Waals surface area contributed by atoms with E-state index >= 15 is 0 Å². The van der Waals surface area contributed by atoms with Crippen LogP contribution in [0.25, 0.3) is 0 Å². The van der Waals surface area contributed by atoms with E-state index in [0.717, 1.165) is 39.0 Å². The van der Waals surface area contributed by atoms with Gasteiger partial charge in [0.1, 0.15) is 0 Å². The number of rotatable bonds is 12. The molecule has 0 N–H and O–H groups in total. The maximum absolute atomic E-state index is 4.42. The van der Waals surface area contributed by atoms with Crippen LogP contribution in [0.1, 0.15) is 92.4 Å². The summed E-state index contributed by atoms with van der Waals surface area (Å²) in [5, 5.41) is 0. The molecular weight excluding hydrogens is 515 g/mol. The Morgan fingerprint density at radius 2 is 1.76 bits per heavy atom. The maximum atomic E-state index is 4.42. The first-order valence-electron chi connectivity index (χ1n) is 13.3. The first-order chi connectivity index (χ1) is 16.0. The van der Waals surface area contributed by atoms with E-state index in [-0.39, 0.29) is 20.7 Å². The van der Waals surface area contributed by atoms with Crippen molar-refractivity contribution in [3.63, 3.8) is 0 Å². The van der Waals surface area contributed by atoms with Crippen molar-refractivity contribution in [3.05, 3.63) is 61.7 Å². The highest BCUT2D eigenvalue weighted by Gasteiger charge is 2.31. The minimum Gasteiger partial charge on any atom is -0.355 e. The molecule has 0 aromatic heterocycles. The van der Waals surface area contributed by atoms with Gasteiger partial charge in [-0.1, -0.05) is 74.3 Å². The van der Waals surface area contributed by atoms with Crippen LogP contribution in [0.5, 0.6) is 0 Å². The zero-order chi connectivity index (χ0) is 23.8. The van der Waals surface area contributed by atoms with Crippen LogP contribution < -0.4 is 0 Å². The molecular formula is C30H45IN2. The molecule has 0 amide bonds. The molecule has 0 radical (unpaired) electrons.